The van der Waals surface area contributed by atoms with Crippen LogP contribution in [0.1, 0.15) is 20.8 Å². The number of rotatable bonds is 6. The van der Waals surface area contributed by atoms with Gasteiger partial charge in [0.1, 0.15) is 16.1 Å². The van der Waals surface area contributed by atoms with Crippen molar-refractivity contribution >= 4 is 81.7 Å². The SMILES string of the molecule is CC(N(C(C)S(=O)(=O)O)C(C)S(=O)(=O)O)S(=O)(=O)O.[KH]. The van der Waals surface area contributed by atoms with Crippen LogP contribution in [0.25, 0.3) is 0 Å². The van der Waals surface area contributed by atoms with Gasteiger partial charge in [0.15, 0.2) is 0 Å². The molecule has 0 fully saturated rings. The van der Waals surface area contributed by atoms with Crippen LogP contribution in [0.2, 0.25) is 0 Å². The van der Waals surface area contributed by atoms with Crippen molar-refractivity contribution < 1.29 is 38.9 Å². The Morgan fingerprint density at radius 1 is 0.650 bits per heavy atom. The molecule has 0 aliphatic rings. The third-order valence-corrected chi connectivity index (χ3v) is 5.87. The molecule has 0 saturated heterocycles. The zero-order valence-corrected chi connectivity index (χ0v) is 12.6. The van der Waals surface area contributed by atoms with Crippen LogP contribution in [0.15, 0.2) is 0 Å². The molecule has 0 heterocycles. The maximum absolute atomic E-state index is 11.0. The van der Waals surface area contributed by atoms with Crippen LogP contribution in [-0.4, -0.2) is 111 Å². The summed E-state index contributed by atoms with van der Waals surface area (Å²) in [6.45, 7) is 2.41. The Balaban J connectivity index is 0. The van der Waals surface area contributed by atoms with E-state index in [4.69, 9.17) is 13.7 Å². The molecule has 14 heteroatoms. The predicted molar refractivity (Wildman–Crippen MR) is 72.0 cm³/mol. The van der Waals surface area contributed by atoms with Gasteiger partial charge in [-0.3, -0.25) is 13.7 Å². The molecule has 0 aromatic heterocycles. The molecule has 0 aromatic carbocycles. The van der Waals surface area contributed by atoms with E-state index in [9.17, 15) is 25.3 Å². The van der Waals surface area contributed by atoms with Gasteiger partial charge < -0.3 is 0 Å². The third-order valence-electron chi connectivity index (χ3n) is 2.55. The van der Waals surface area contributed by atoms with Crippen LogP contribution >= 0.6 is 0 Å². The summed E-state index contributed by atoms with van der Waals surface area (Å²) >= 11 is 0. The minimum absolute atomic E-state index is 0. The van der Waals surface area contributed by atoms with E-state index in [2.05, 4.69) is 0 Å². The Hall–Kier alpha value is 1.33. The number of hydrogen-bond acceptors (Lipinski definition) is 7. The molecule has 118 valence electrons. The fraction of sp³-hybridized carbons (Fsp3) is 1.00. The molecule has 3 unspecified atom stereocenters. The molecule has 0 amide bonds. The van der Waals surface area contributed by atoms with Crippen molar-refractivity contribution in [2.45, 2.75) is 36.9 Å². The summed E-state index contributed by atoms with van der Waals surface area (Å²) in [5.41, 5.74) is 0. The Labute approximate surface area is 160 Å². The standard InChI is InChI=1S/C6H15NO9S3.K.H/c1-4(17(8,9)10)7(5(2)18(11,12)13)6(3)19(14,15)16;;/h4-6H,1-3H3,(H,8,9,10)(H,11,12,13)(H,14,15,16);;. The molecule has 0 aromatic rings. The molecule has 0 spiro atoms. The fourth-order valence-electron chi connectivity index (χ4n) is 1.35. The van der Waals surface area contributed by atoms with Gasteiger partial charge >= 0.3 is 51.4 Å². The molecule has 0 radical (unpaired) electrons. The molecule has 0 saturated carbocycles. The average molecular weight is 381 g/mol. The van der Waals surface area contributed by atoms with Crippen molar-refractivity contribution in [3.63, 3.8) is 0 Å². The molecule has 20 heavy (non-hydrogen) atoms. The average Bonchev–Trinajstić information content (AvgIpc) is 2.13. The minimum atomic E-state index is -4.84. The predicted octanol–water partition coefficient (Wildman–Crippen LogP) is -1.66. The van der Waals surface area contributed by atoms with Gasteiger partial charge in [-0.05, 0) is 20.8 Å². The van der Waals surface area contributed by atoms with Crippen LogP contribution in [-0.2, 0) is 30.4 Å². The zero-order chi connectivity index (χ0) is 15.8. The number of nitrogens with zero attached hydrogens (tertiary/aromatic N) is 1. The maximum atomic E-state index is 11.0. The Bertz CT molecular complexity index is 534. The quantitative estimate of drug-likeness (QED) is 0.358. The molecular formula is C6H16KNO9S3. The summed E-state index contributed by atoms with van der Waals surface area (Å²) in [7, 11) is -14.5. The van der Waals surface area contributed by atoms with Crippen LogP contribution < -0.4 is 0 Å². The molecule has 10 nitrogen and oxygen atoms in total. The van der Waals surface area contributed by atoms with Crippen molar-refractivity contribution in [1.82, 2.24) is 4.90 Å². The van der Waals surface area contributed by atoms with Crippen LogP contribution in [0, 0.1) is 0 Å². The third kappa shape index (κ3) is 6.61. The zero-order valence-electron chi connectivity index (χ0n) is 10.2. The van der Waals surface area contributed by atoms with Crippen molar-refractivity contribution in [3.8, 4) is 0 Å². The Morgan fingerprint density at radius 2 is 0.800 bits per heavy atom. The van der Waals surface area contributed by atoms with E-state index >= 15 is 0 Å². The fourth-order valence-corrected chi connectivity index (χ4v) is 3.60. The second-order valence-corrected chi connectivity index (χ2v) is 8.93. The van der Waals surface area contributed by atoms with Crippen molar-refractivity contribution in [2.24, 2.45) is 0 Å². The van der Waals surface area contributed by atoms with E-state index in [0.717, 1.165) is 20.8 Å². The second-order valence-electron chi connectivity index (χ2n) is 3.79. The van der Waals surface area contributed by atoms with E-state index in [1.165, 1.54) is 0 Å². The summed E-state index contributed by atoms with van der Waals surface area (Å²) in [5, 5.41) is -5.95. The normalized spacial score (nSPS) is 18.1. The molecule has 3 atom stereocenters. The summed E-state index contributed by atoms with van der Waals surface area (Å²) in [5.74, 6) is 0. The van der Waals surface area contributed by atoms with E-state index < -0.39 is 46.5 Å². The van der Waals surface area contributed by atoms with E-state index in [-0.39, 0.29) is 56.3 Å². The van der Waals surface area contributed by atoms with Gasteiger partial charge in [-0.15, -0.1) is 0 Å². The number of hydrogen-bond donors (Lipinski definition) is 3. The van der Waals surface area contributed by atoms with Crippen LogP contribution in [0.5, 0.6) is 0 Å². The van der Waals surface area contributed by atoms with Crippen LogP contribution in [0.4, 0.5) is 0 Å². The van der Waals surface area contributed by atoms with Crippen molar-refractivity contribution in [1.29, 1.82) is 0 Å². The first-order valence-corrected chi connectivity index (χ1v) is 9.27. The summed E-state index contributed by atoms with van der Waals surface area (Å²) in [4.78, 5) is 0.236. The molecule has 0 aliphatic heterocycles. The molecular weight excluding hydrogens is 365 g/mol. The molecule has 3 N–H and O–H groups in total. The Kier molecular flexibility index (Phi) is 9.13. The van der Waals surface area contributed by atoms with Gasteiger partial charge in [0.2, 0.25) is 0 Å². The van der Waals surface area contributed by atoms with Crippen molar-refractivity contribution in [2.75, 3.05) is 0 Å². The monoisotopic (exact) mass is 381 g/mol. The van der Waals surface area contributed by atoms with Gasteiger partial charge in [-0.1, -0.05) is 0 Å². The van der Waals surface area contributed by atoms with Gasteiger partial charge in [-0.25, -0.2) is 4.90 Å². The first kappa shape index (κ1) is 23.6. The molecule has 0 aliphatic carbocycles. The first-order valence-electron chi connectivity index (χ1n) is 4.76. The summed E-state index contributed by atoms with van der Waals surface area (Å²) in [6.07, 6.45) is 0. The van der Waals surface area contributed by atoms with E-state index in [1.54, 1.807) is 0 Å². The van der Waals surface area contributed by atoms with Gasteiger partial charge in [0, 0.05) is 0 Å². The summed E-state index contributed by atoms with van der Waals surface area (Å²) < 4.78 is 92.6. The van der Waals surface area contributed by atoms with Gasteiger partial charge in [0.05, 0.1) is 0 Å². The van der Waals surface area contributed by atoms with Gasteiger partial charge in [0.25, 0.3) is 30.4 Å². The Morgan fingerprint density at radius 3 is 0.900 bits per heavy atom. The van der Waals surface area contributed by atoms with Crippen LogP contribution in [0.3, 0.4) is 0 Å². The molecule has 0 rings (SSSR count). The van der Waals surface area contributed by atoms with Gasteiger partial charge in [-0.2, -0.15) is 25.3 Å². The second kappa shape index (κ2) is 7.74. The van der Waals surface area contributed by atoms with E-state index in [1.807, 2.05) is 0 Å². The first-order chi connectivity index (χ1) is 8.10. The summed E-state index contributed by atoms with van der Waals surface area (Å²) in [6, 6.07) is 0. The molecule has 0 bridgehead atoms. The van der Waals surface area contributed by atoms with E-state index in [0.29, 0.717) is 0 Å². The topological polar surface area (TPSA) is 166 Å². The van der Waals surface area contributed by atoms with Crippen molar-refractivity contribution in [3.05, 3.63) is 0 Å².